The molecule has 4 N–H and O–H groups in total. The minimum atomic E-state index is -1.60. The second-order valence-electron chi connectivity index (χ2n) is 7.56. The highest BCUT2D eigenvalue weighted by atomic mass is 19.1. The highest BCUT2D eigenvalue weighted by molar-refractivity contribution is 6.15. The number of anilines is 1. The van der Waals surface area contributed by atoms with Gasteiger partial charge in [0, 0.05) is 30.3 Å². The molecule has 3 aliphatic heterocycles. The van der Waals surface area contributed by atoms with Gasteiger partial charge in [0.1, 0.15) is 11.4 Å². The van der Waals surface area contributed by atoms with Crippen LogP contribution < -0.4 is 16.4 Å². The Labute approximate surface area is 160 Å². The van der Waals surface area contributed by atoms with Crippen molar-refractivity contribution in [2.75, 3.05) is 11.9 Å². The van der Waals surface area contributed by atoms with Crippen LogP contribution in [0.5, 0.6) is 0 Å². The topological polar surface area (TPSA) is 122 Å². The van der Waals surface area contributed by atoms with Crippen molar-refractivity contribution in [3.05, 3.63) is 29.6 Å². The van der Waals surface area contributed by atoms with Gasteiger partial charge in [-0.1, -0.05) is 13.3 Å². The van der Waals surface area contributed by atoms with Crippen LogP contribution in [0, 0.1) is 17.7 Å². The molecule has 9 heteroatoms. The summed E-state index contributed by atoms with van der Waals surface area (Å²) in [7, 11) is 0. The second kappa shape index (κ2) is 6.37. The van der Waals surface area contributed by atoms with Crippen molar-refractivity contribution in [3.63, 3.8) is 0 Å². The standard InChI is InChI=1S/C19H21FN4O4/c1-2-3-6-24-16(26)14-12(8-13(21)25)23-19(15(14)17(24)27)10-7-9(20)4-5-11(10)22-18(19)28/h4-5,7,12,14-15,23H,2-3,6,8H2,1H3,(H2,21,25)(H,22,28). The Morgan fingerprint density at radius 1 is 1.29 bits per heavy atom. The van der Waals surface area contributed by atoms with E-state index in [0.717, 1.165) is 6.42 Å². The Morgan fingerprint density at radius 3 is 2.71 bits per heavy atom. The zero-order chi connectivity index (χ0) is 20.2. The van der Waals surface area contributed by atoms with Crippen molar-refractivity contribution in [1.82, 2.24) is 10.2 Å². The number of hydrogen-bond acceptors (Lipinski definition) is 5. The van der Waals surface area contributed by atoms with Crippen LogP contribution in [0.3, 0.4) is 0 Å². The van der Waals surface area contributed by atoms with Crippen LogP contribution in [0.15, 0.2) is 18.2 Å². The number of nitrogens with two attached hydrogens (primary N) is 1. The molecular formula is C19H21FN4O4. The number of nitrogens with zero attached hydrogens (tertiary/aromatic N) is 1. The summed E-state index contributed by atoms with van der Waals surface area (Å²) in [6.45, 7) is 2.19. The van der Waals surface area contributed by atoms with Crippen molar-refractivity contribution in [2.45, 2.75) is 37.8 Å². The summed E-state index contributed by atoms with van der Waals surface area (Å²) in [4.78, 5) is 52.0. The van der Waals surface area contributed by atoms with Gasteiger partial charge in [-0.15, -0.1) is 0 Å². The number of carbonyl (C=O) groups excluding carboxylic acids is 4. The first-order valence-electron chi connectivity index (χ1n) is 9.34. The number of amides is 4. The third-order valence-corrected chi connectivity index (χ3v) is 5.92. The lowest BCUT2D eigenvalue weighted by Crippen LogP contribution is -2.53. The number of rotatable bonds is 5. The molecule has 3 heterocycles. The van der Waals surface area contributed by atoms with E-state index in [-0.39, 0.29) is 18.5 Å². The Balaban J connectivity index is 1.85. The predicted octanol–water partition coefficient (Wildman–Crippen LogP) is 0.222. The summed E-state index contributed by atoms with van der Waals surface area (Å²) in [5.41, 5.74) is 4.40. The molecular weight excluding hydrogens is 367 g/mol. The summed E-state index contributed by atoms with van der Waals surface area (Å²) < 4.78 is 14.0. The van der Waals surface area contributed by atoms with E-state index < -0.39 is 52.9 Å². The van der Waals surface area contributed by atoms with Gasteiger partial charge in [-0.3, -0.25) is 29.4 Å². The number of unbranched alkanes of at least 4 members (excludes halogenated alkanes) is 1. The maximum atomic E-state index is 14.0. The minimum absolute atomic E-state index is 0.207. The van der Waals surface area contributed by atoms with E-state index in [1.165, 1.54) is 23.1 Å². The van der Waals surface area contributed by atoms with Crippen molar-refractivity contribution in [2.24, 2.45) is 17.6 Å². The molecule has 148 valence electrons. The number of nitrogens with one attached hydrogen (secondary N) is 2. The van der Waals surface area contributed by atoms with Gasteiger partial charge < -0.3 is 11.1 Å². The summed E-state index contributed by atoms with van der Waals surface area (Å²) in [5, 5.41) is 5.69. The highest BCUT2D eigenvalue weighted by Crippen LogP contribution is 2.53. The van der Waals surface area contributed by atoms with Crippen LogP contribution in [-0.2, 0) is 24.7 Å². The summed E-state index contributed by atoms with van der Waals surface area (Å²) in [6.07, 6.45) is 1.21. The molecule has 2 fully saturated rings. The third-order valence-electron chi connectivity index (χ3n) is 5.92. The molecule has 4 amide bonds. The summed E-state index contributed by atoms with van der Waals surface area (Å²) >= 11 is 0. The number of hydrogen-bond donors (Lipinski definition) is 3. The van der Waals surface area contributed by atoms with Crippen molar-refractivity contribution in [1.29, 1.82) is 0 Å². The van der Waals surface area contributed by atoms with E-state index in [4.69, 9.17) is 5.73 Å². The van der Waals surface area contributed by atoms with Gasteiger partial charge in [0.15, 0.2) is 0 Å². The van der Waals surface area contributed by atoms with Gasteiger partial charge in [0.05, 0.1) is 11.8 Å². The molecule has 1 aromatic rings. The van der Waals surface area contributed by atoms with E-state index in [9.17, 15) is 23.6 Å². The maximum absolute atomic E-state index is 14.0. The van der Waals surface area contributed by atoms with Crippen LogP contribution in [0.25, 0.3) is 0 Å². The monoisotopic (exact) mass is 388 g/mol. The first kappa shape index (κ1) is 18.5. The van der Waals surface area contributed by atoms with Gasteiger partial charge in [-0.2, -0.15) is 0 Å². The number of imide groups is 1. The van der Waals surface area contributed by atoms with E-state index in [1.807, 2.05) is 6.92 Å². The summed E-state index contributed by atoms with van der Waals surface area (Å²) in [6, 6.07) is 3.04. The van der Waals surface area contributed by atoms with Gasteiger partial charge in [-0.25, -0.2) is 4.39 Å². The van der Waals surface area contributed by atoms with Gasteiger partial charge in [0.25, 0.3) is 0 Å². The number of likely N-dealkylation sites (tertiary alicyclic amines) is 1. The lowest BCUT2D eigenvalue weighted by atomic mass is 9.76. The molecule has 1 aromatic carbocycles. The summed E-state index contributed by atoms with van der Waals surface area (Å²) in [5.74, 6) is -4.61. The molecule has 0 bridgehead atoms. The normalized spacial score (nSPS) is 30.7. The maximum Gasteiger partial charge on any atom is 0.250 e. The lowest BCUT2D eigenvalue weighted by Gasteiger charge is -2.29. The second-order valence-corrected chi connectivity index (χ2v) is 7.56. The fourth-order valence-corrected chi connectivity index (χ4v) is 4.76. The average molecular weight is 388 g/mol. The Bertz CT molecular complexity index is 904. The third kappa shape index (κ3) is 2.39. The van der Waals surface area contributed by atoms with Gasteiger partial charge in [0.2, 0.25) is 23.6 Å². The Hall–Kier alpha value is -2.81. The van der Waals surface area contributed by atoms with Crippen molar-refractivity contribution >= 4 is 29.3 Å². The molecule has 4 unspecified atom stereocenters. The van der Waals surface area contributed by atoms with E-state index in [2.05, 4.69) is 10.6 Å². The van der Waals surface area contributed by atoms with Crippen LogP contribution in [0.4, 0.5) is 10.1 Å². The molecule has 4 atom stereocenters. The van der Waals surface area contributed by atoms with E-state index in [1.54, 1.807) is 0 Å². The minimum Gasteiger partial charge on any atom is -0.370 e. The van der Waals surface area contributed by atoms with E-state index in [0.29, 0.717) is 12.1 Å². The largest absolute Gasteiger partial charge is 0.370 e. The molecule has 0 saturated carbocycles. The molecule has 0 aromatic heterocycles. The average Bonchev–Trinajstić information content (AvgIpc) is 3.19. The number of carbonyl (C=O) groups is 4. The zero-order valence-corrected chi connectivity index (χ0v) is 15.3. The number of primary amides is 1. The molecule has 8 nitrogen and oxygen atoms in total. The number of fused-ring (bicyclic) bond motifs is 4. The molecule has 0 radical (unpaired) electrons. The molecule has 4 rings (SSSR count). The van der Waals surface area contributed by atoms with Gasteiger partial charge in [-0.05, 0) is 24.6 Å². The molecule has 0 aliphatic carbocycles. The Morgan fingerprint density at radius 2 is 2.04 bits per heavy atom. The lowest BCUT2D eigenvalue weighted by molar-refractivity contribution is -0.142. The molecule has 3 aliphatic rings. The first-order chi connectivity index (χ1) is 13.3. The SMILES string of the molecule is CCCCN1C(=O)C2C(CC(N)=O)NC3(C(=O)Nc4ccc(F)cc43)C2C1=O. The number of benzene rings is 1. The van der Waals surface area contributed by atoms with Crippen LogP contribution in [0.2, 0.25) is 0 Å². The van der Waals surface area contributed by atoms with Crippen molar-refractivity contribution in [3.8, 4) is 0 Å². The van der Waals surface area contributed by atoms with Crippen LogP contribution >= 0.6 is 0 Å². The Kier molecular flexibility index (Phi) is 4.22. The smallest absolute Gasteiger partial charge is 0.250 e. The first-order valence-corrected chi connectivity index (χ1v) is 9.34. The number of halogens is 1. The molecule has 2 saturated heterocycles. The van der Waals surface area contributed by atoms with Crippen LogP contribution in [0.1, 0.15) is 31.7 Å². The fraction of sp³-hybridized carbons (Fsp3) is 0.474. The van der Waals surface area contributed by atoms with Crippen LogP contribution in [-0.4, -0.2) is 41.1 Å². The van der Waals surface area contributed by atoms with Crippen molar-refractivity contribution < 1.29 is 23.6 Å². The molecule has 1 spiro atoms. The molecule has 28 heavy (non-hydrogen) atoms. The predicted molar refractivity (Wildman–Crippen MR) is 96.1 cm³/mol. The fourth-order valence-electron chi connectivity index (χ4n) is 4.76. The van der Waals surface area contributed by atoms with E-state index >= 15 is 0 Å². The zero-order valence-electron chi connectivity index (χ0n) is 15.3. The quantitative estimate of drug-likeness (QED) is 0.623. The van der Waals surface area contributed by atoms with Gasteiger partial charge >= 0.3 is 0 Å². The highest BCUT2D eigenvalue weighted by Gasteiger charge is 2.70.